The molecule has 1 aromatic heterocycles. The van der Waals surface area contributed by atoms with Crippen molar-refractivity contribution < 1.29 is 9.59 Å². The van der Waals surface area contributed by atoms with Gasteiger partial charge in [0.25, 0.3) is 5.91 Å². The highest BCUT2D eigenvalue weighted by atomic mass is 35.5. The number of nitrogen functional groups attached to an aromatic ring is 2. The van der Waals surface area contributed by atoms with Crippen molar-refractivity contribution in [1.82, 2.24) is 20.2 Å². The maximum absolute atomic E-state index is 13.1. The predicted molar refractivity (Wildman–Crippen MR) is 201 cm³/mol. The molecule has 1 fully saturated rings. The predicted octanol–water partition coefficient (Wildman–Crippen LogP) is 3.96. The first-order valence-corrected chi connectivity index (χ1v) is 17.4. The molecule has 4 aromatic rings. The van der Waals surface area contributed by atoms with Crippen LogP contribution in [-0.4, -0.2) is 69.9 Å². The standard InChI is InChI=1S/C35H43ClN10O2S/c1-46(2)19-7-8-21-12-16-24(17-13-21)42-33(48)28-35(40,49-28)20-23-15-14-22(25-10-3-4-11-26(23)25)9-5-6-18-41-34(39)45-32(47)27-30(37)44-31(38)29(36)43-27/h3-4,10-17,28H,5-9,18-20,40H2,1-2H3,(H,42,48)(H4,37,38,44)(H3,39,41,45,47)/t28?,35-/m0/s1. The largest absolute Gasteiger partial charge is 0.382 e. The second kappa shape index (κ2) is 15.9. The van der Waals surface area contributed by atoms with E-state index in [1.165, 1.54) is 22.9 Å². The molecule has 0 spiro atoms. The van der Waals surface area contributed by atoms with E-state index < -0.39 is 10.8 Å². The van der Waals surface area contributed by atoms with Crippen molar-refractivity contribution >= 4 is 69.2 Å². The molecule has 1 saturated heterocycles. The van der Waals surface area contributed by atoms with Crippen molar-refractivity contribution in [2.24, 2.45) is 16.5 Å². The van der Waals surface area contributed by atoms with E-state index in [-0.39, 0.29) is 39.6 Å². The molecule has 1 aliphatic rings. The van der Waals surface area contributed by atoms with Crippen molar-refractivity contribution in [3.8, 4) is 0 Å². The number of benzene rings is 3. The number of nitrogens with one attached hydrogen (secondary N) is 2. The number of hydrogen-bond donors (Lipinski definition) is 6. The maximum Gasteiger partial charge on any atom is 0.280 e. The number of rotatable bonds is 14. The van der Waals surface area contributed by atoms with Crippen molar-refractivity contribution in [1.29, 1.82) is 0 Å². The maximum atomic E-state index is 13.1. The highest BCUT2D eigenvalue weighted by molar-refractivity contribution is 8.09. The molecule has 3 aromatic carbocycles. The highest BCUT2D eigenvalue weighted by Gasteiger charge is 2.57. The third-order valence-corrected chi connectivity index (χ3v) is 10.0. The SMILES string of the molecule is CN(C)CCCc1ccc(NC(=O)C2S[C@@]2(N)Cc2ccc(CCCCN=C(N)NC(=O)c3nc(Cl)c(N)nc3N)c3ccccc23)cc1. The monoisotopic (exact) mass is 702 g/mol. The summed E-state index contributed by atoms with van der Waals surface area (Å²) in [6.07, 6.45) is 5.12. The molecule has 0 aliphatic carbocycles. The van der Waals surface area contributed by atoms with Gasteiger partial charge in [0.05, 0.1) is 4.87 Å². The highest BCUT2D eigenvalue weighted by Crippen LogP contribution is 2.52. The molecule has 14 heteroatoms. The Kier molecular flexibility index (Phi) is 11.6. The Morgan fingerprint density at radius 2 is 1.63 bits per heavy atom. The normalized spacial score (nSPS) is 17.3. The molecule has 0 radical (unpaired) electrons. The first-order chi connectivity index (χ1) is 23.4. The van der Waals surface area contributed by atoms with Crippen LogP contribution in [0.4, 0.5) is 17.3 Å². The summed E-state index contributed by atoms with van der Waals surface area (Å²) < 4.78 is 0. The van der Waals surface area contributed by atoms with Crippen molar-refractivity contribution in [3.63, 3.8) is 0 Å². The number of thioether (sulfide) groups is 1. The van der Waals surface area contributed by atoms with Gasteiger partial charge in [-0.25, -0.2) is 9.97 Å². The molecule has 0 bridgehead atoms. The summed E-state index contributed by atoms with van der Waals surface area (Å²) in [5.74, 6) is -1.02. The molecule has 2 heterocycles. The van der Waals surface area contributed by atoms with Gasteiger partial charge < -0.3 is 33.2 Å². The van der Waals surface area contributed by atoms with E-state index in [0.29, 0.717) is 13.0 Å². The van der Waals surface area contributed by atoms with Crippen LogP contribution >= 0.6 is 23.4 Å². The number of nitrogens with two attached hydrogens (primary N) is 4. The Bertz CT molecular complexity index is 1850. The summed E-state index contributed by atoms with van der Waals surface area (Å²) >= 11 is 7.36. The number of aliphatic imine (C=N–C) groups is 1. The van der Waals surface area contributed by atoms with E-state index in [2.05, 4.69) is 81.0 Å². The Morgan fingerprint density at radius 1 is 0.939 bits per heavy atom. The van der Waals surface area contributed by atoms with E-state index in [0.717, 1.165) is 60.7 Å². The quantitative estimate of drug-likeness (QED) is 0.0483. The van der Waals surface area contributed by atoms with Gasteiger partial charge >= 0.3 is 0 Å². The van der Waals surface area contributed by atoms with Gasteiger partial charge in [0, 0.05) is 18.7 Å². The Morgan fingerprint density at radius 3 is 2.35 bits per heavy atom. The van der Waals surface area contributed by atoms with Crippen molar-refractivity contribution in [2.75, 3.05) is 44.0 Å². The van der Waals surface area contributed by atoms with Gasteiger partial charge in [0.2, 0.25) is 5.91 Å². The summed E-state index contributed by atoms with van der Waals surface area (Å²) in [7, 11) is 4.15. The molecular formula is C35H43ClN10O2S. The number of carbonyl (C=O) groups excluding carboxylic acids is 2. The third kappa shape index (κ3) is 9.38. The number of hydrogen-bond acceptors (Lipinski definition) is 10. The lowest BCUT2D eigenvalue weighted by molar-refractivity contribution is -0.115. The van der Waals surface area contributed by atoms with E-state index in [1.54, 1.807) is 0 Å². The van der Waals surface area contributed by atoms with Gasteiger partial charge in [-0.1, -0.05) is 60.1 Å². The Balaban J connectivity index is 1.12. The average molecular weight is 703 g/mol. The number of halogens is 1. The number of fused-ring (bicyclic) bond motifs is 1. The fraction of sp³-hybridized carbons (Fsp3) is 0.343. The topological polar surface area (TPSA) is 204 Å². The van der Waals surface area contributed by atoms with Crippen LogP contribution in [0.1, 0.15) is 46.4 Å². The number of nitrogens with zero attached hydrogens (tertiary/aromatic N) is 4. The molecule has 0 saturated carbocycles. The third-order valence-electron chi connectivity index (χ3n) is 8.32. The molecule has 10 N–H and O–H groups in total. The summed E-state index contributed by atoms with van der Waals surface area (Å²) in [6.45, 7) is 1.46. The fourth-order valence-electron chi connectivity index (χ4n) is 5.70. The summed E-state index contributed by atoms with van der Waals surface area (Å²) in [5.41, 5.74) is 28.1. The molecule has 2 atom stereocenters. The van der Waals surface area contributed by atoms with Crippen LogP contribution in [0.3, 0.4) is 0 Å². The molecule has 2 amide bonds. The van der Waals surface area contributed by atoms with Crippen LogP contribution in [0, 0.1) is 0 Å². The molecule has 258 valence electrons. The minimum atomic E-state index is -0.674. The van der Waals surface area contributed by atoms with E-state index in [4.69, 9.17) is 34.5 Å². The van der Waals surface area contributed by atoms with Crippen molar-refractivity contribution in [2.45, 2.75) is 48.6 Å². The number of unbranched alkanes of at least 4 members (excludes halogenated alkanes) is 1. The second-order valence-corrected chi connectivity index (χ2v) is 14.3. The number of guanidine groups is 1. The molecular weight excluding hydrogens is 660 g/mol. The summed E-state index contributed by atoms with van der Waals surface area (Å²) in [6, 6.07) is 20.6. The Labute approximate surface area is 295 Å². The number of carbonyl (C=O) groups is 2. The summed E-state index contributed by atoms with van der Waals surface area (Å²) in [5, 5.41) is 7.35. The molecule has 5 rings (SSSR count). The second-order valence-electron chi connectivity index (χ2n) is 12.5. The van der Waals surface area contributed by atoms with E-state index in [9.17, 15) is 9.59 Å². The van der Waals surface area contributed by atoms with Gasteiger partial charge in [-0.05, 0) is 92.3 Å². The zero-order chi connectivity index (χ0) is 35.1. The lowest BCUT2D eigenvalue weighted by atomic mass is 9.93. The fourth-order valence-corrected chi connectivity index (χ4v) is 6.79. The average Bonchev–Trinajstić information content (AvgIpc) is 3.74. The van der Waals surface area contributed by atoms with E-state index in [1.807, 2.05) is 24.3 Å². The van der Waals surface area contributed by atoms with Gasteiger partial charge in [0.1, 0.15) is 5.25 Å². The number of amides is 2. The molecule has 1 aliphatic heterocycles. The van der Waals surface area contributed by atoms with Gasteiger partial charge in [-0.3, -0.25) is 19.9 Å². The first-order valence-electron chi connectivity index (χ1n) is 16.1. The minimum absolute atomic E-state index is 0.0568. The lowest BCUT2D eigenvalue weighted by Crippen LogP contribution is -2.38. The molecule has 1 unspecified atom stereocenters. The van der Waals surface area contributed by atoms with Gasteiger partial charge in [-0.2, -0.15) is 0 Å². The number of aryl methyl sites for hydroxylation is 2. The summed E-state index contributed by atoms with van der Waals surface area (Å²) in [4.78, 5) is 39.0. The van der Waals surface area contributed by atoms with Crippen LogP contribution in [0.25, 0.3) is 10.8 Å². The van der Waals surface area contributed by atoms with Crippen molar-refractivity contribution in [3.05, 3.63) is 88.2 Å². The van der Waals surface area contributed by atoms with Crippen LogP contribution in [0.5, 0.6) is 0 Å². The molecule has 12 nitrogen and oxygen atoms in total. The van der Waals surface area contributed by atoms with Crippen LogP contribution in [0.2, 0.25) is 5.15 Å². The lowest BCUT2D eigenvalue weighted by Gasteiger charge is -2.15. The number of aromatic nitrogens is 2. The van der Waals surface area contributed by atoms with Crippen LogP contribution in [0.15, 0.2) is 65.7 Å². The van der Waals surface area contributed by atoms with Gasteiger partial charge in [0.15, 0.2) is 28.4 Å². The zero-order valence-electron chi connectivity index (χ0n) is 27.7. The smallest absolute Gasteiger partial charge is 0.280 e. The molecule has 49 heavy (non-hydrogen) atoms. The first kappa shape index (κ1) is 35.9. The van der Waals surface area contributed by atoms with E-state index >= 15 is 0 Å². The minimum Gasteiger partial charge on any atom is -0.382 e. The number of anilines is 3. The van der Waals surface area contributed by atoms with Crippen LogP contribution < -0.4 is 33.6 Å². The van der Waals surface area contributed by atoms with Crippen LogP contribution in [-0.2, 0) is 24.1 Å². The van der Waals surface area contributed by atoms with Gasteiger partial charge in [-0.15, -0.1) is 11.8 Å². The zero-order valence-corrected chi connectivity index (χ0v) is 29.3. The Hall–Kier alpha value is -4.43.